The number of Topliss-reactive ketones (excluding diaryl/α,β-unsaturated/α-hetero) is 1. The van der Waals surface area contributed by atoms with Crippen molar-refractivity contribution in [2.45, 2.75) is 6.04 Å². The first-order chi connectivity index (χ1) is 16.6. The van der Waals surface area contributed by atoms with Crippen molar-refractivity contribution in [2.75, 3.05) is 4.90 Å². The summed E-state index contributed by atoms with van der Waals surface area (Å²) in [7, 11) is 0. The van der Waals surface area contributed by atoms with Gasteiger partial charge in [-0.25, -0.2) is 4.79 Å². The van der Waals surface area contributed by atoms with Gasteiger partial charge in [-0.3, -0.25) is 24.6 Å². The highest BCUT2D eigenvalue weighted by molar-refractivity contribution is 6.51. The predicted octanol–water partition coefficient (Wildman–Crippen LogP) is 4.28. The number of aromatic carboxylic acids is 1. The number of halogens is 1. The molecule has 10 nitrogen and oxygen atoms in total. The molecule has 1 aliphatic rings. The fourth-order valence-electron chi connectivity index (χ4n) is 3.80. The molecule has 4 rings (SSSR count). The van der Waals surface area contributed by atoms with Crippen LogP contribution in [0.25, 0.3) is 5.76 Å². The number of nitro benzene ring substituents is 1. The number of phenols is 1. The minimum Gasteiger partial charge on any atom is -0.507 e. The van der Waals surface area contributed by atoms with Crippen molar-refractivity contribution < 1.29 is 34.6 Å². The monoisotopic (exact) mass is 494 g/mol. The van der Waals surface area contributed by atoms with E-state index in [2.05, 4.69) is 0 Å². The second kappa shape index (κ2) is 8.92. The molecular weight excluding hydrogens is 480 g/mol. The van der Waals surface area contributed by atoms with Gasteiger partial charge >= 0.3 is 5.97 Å². The van der Waals surface area contributed by atoms with Gasteiger partial charge in [0.25, 0.3) is 17.4 Å². The van der Waals surface area contributed by atoms with Gasteiger partial charge in [0.1, 0.15) is 17.1 Å². The summed E-state index contributed by atoms with van der Waals surface area (Å²) < 4.78 is 0. The Balaban J connectivity index is 1.96. The van der Waals surface area contributed by atoms with E-state index in [0.717, 1.165) is 17.0 Å². The quantitative estimate of drug-likeness (QED) is 0.156. The third-order valence-corrected chi connectivity index (χ3v) is 5.72. The van der Waals surface area contributed by atoms with Crippen molar-refractivity contribution in [1.29, 1.82) is 0 Å². The third-order valence-electron chi connectivity index (χ3n) is 5.47. The molecule has 1 heterocycles. The van der Waals surface area contributed by atoms with Crippen LogP contribution < -0.4 is 4.90 Å². The normalized spacial score (nSPS) is 16.9. The molecule has 3 aromatic rings. The molecule has 0 saturated carbocycles. The maximum atomic E-state index is 13.1. The largest absolute Gasteiger partial charge is 0.507 e. The number of aliphatic hydroxyl groups excluding tert-OH is 1. The SMILES string of the molecule is O=C1C(=O)N(c2ccc(O)c(C(=O)O)c2)C(c2ccc([N+](=O)[O-])cc2)/C1=C(/O)c1ccc(Cl)cc1. The van der Waals surface area contributed by atoms with Crippen LogP contribution in [0.2, 0.25) is 5.02 Å². The fourth-order valence-corrected chi connectivity index (χ4v) is 3.93. The van der Waals surface area contributed by atoms with Gasteiger partial charge in [0, 0.05) is 28.4 Å². The number of nitrogens with zero attached hydrogens (tertiary/aromatic N) is 2. The van der Waals surface area contributed by atoms with Gasteiger partial charge in [-0.1, -0.05) is 11.6 Å². The molecule has 11 heteroatoms. The van der Waals surface area contributed by atoms with Crippen LogP contribution in [0.5, 0.6) is 5.75 Å². The summed E-state index contributed by atoms with van der Waals surface area (Å²) in [5, 5.41) is 41.7. The number of carbonyl (C=O) groups is 3. The minimum atomic E-state index is -1.46. The lowest BCUT2D eigenvalue weighted by Crippen LogP contribution is -2.29. The molecule has 0 aliphatic carbocycles. The zero-order valence-electron chi connectivity index (χ0n) is 17.6. The van der Waals surface area contributed by atoms with Gasteiger partial charge in [-0.2, -0.15) is 0 Å². The summed E-state index contributed by atoms with van der Waals surface area (Å²) in [6, 6.07) is 12.9. The van der Waals surface area contributed by atoms with E-state index < -0.39 is 45.7 Å². The Kier molecular flexibility index (Phi) is 5.98. The molecule has 1 aliphatic heterocycles. The Hall–Kier alpha value is -4.70. The van der Waals surface area contributed by atoms with Crippen LogP contribution in [0.15, 0.2) is 72.3 Å². The Labute approximate surface area is 202 Å². The molecule has 1 unspecified atom stereocenters. The van der Waals surface area contributed by atoms with E-state index in [9.17, 15) is 39.8 Å². The zero-order chi connectivity index (χ0) is 25.4. The number of anilines is 1. The van der Waals surface area contributed by atoms with Gasteiger partial charge in [-0.15, -0.1) is 0 Å². The number of hydrogen-bond acceptors (Lipinski definition) is 7. The van der Waals surface area contributed by atoms with E-state index in [1.165, 1.54) is 54.6 Å². The van der Waals surface area contributed by atoms with Crippen molar-refractivity contribution in [3.8, 4) is 5.75 Å². The number of benzene rings is 3. The minimum absolute atomic E-state index is 0.0409. The van der Waals surface area contributed by atoms with Crippen LogP contribution >= 0.6 is 11.6 Å². The van der Waals surface area contributed by atoms with Crippen LogP contribution in [0.3, 0.4) is 0 Å². The van der Waals surface area contributed by atoms with E-state index in [1.54, 1.807) is 0 Å². The van der Waals surface area contributed by atoms with Crippen LogP contribution in [-0.4, -0.2) is 37.9 Å². The molecule has 1 amide bonds. The first-order valence-corrected chi connectivity index (χ1v) is 10.4. The van der Waals surface area contributed by atoms with Crippen molar-refractivity contribution in [3.63, 3.8) is 0 Å². The van der Waals surface area contributed by atoms with Gasteiger partial charge in [0.2, 0.25) is 0 Å². The average molecular weight is 495 g/mol. The first kappa shape index (κ1) is 23.5. The van der Waals surface area contributed by atoms with Crippen molar-refractivity contribution >= 4 is 46.4 Å². The predicted molar refractivity (Wildman–Crippen MR) is 124 cm³/mol. The Bertz CT molecular complexity index is 1410. The molecule has 1 fully saturated rings. The second-order valence-electron chi connectivity index (χ2n) is 7.53. The highest BCUT2D eigenvalue weighted by Gasteiger charge is 2.47. The van der Waals surface area contributed by atoms with Gasteiger partial charge in [-0.05, 0) is 60.2 Å². The van der Waals surface area contributed by atoms with E-state index in [4.69, 9.17) is 11.6 Å². The van der Waals surface area contributed by atoms with E-state index in [1.807, 2.05) is 0 Å². The molecular formula is C24H15ClN2O8. The topological polar surface area (TPSA) is 158 Å². The fraction of sp³-hybridized carbons (Fsp3) is 0.0417. The summed E-state index contributed by atoms with van der Waals surface area (Å²) in [6.45, 7) is 0. The number of rotatable bonds is 5. The molecule has 0 bridgehead atoms. The molecule has 0 spiro atoms. The smallest absolute Gasteiger partial charge is 0.339 e. The first-order valence-electron chi connectivity index (χ1n) is 9.97. The lowest BCUT2D eigenvalue weighted by Gasteiger charge is -2.25. The van der Waals surface area contributed by atoms with Crippen LogP contribution in [0.4, 0.5) is 11.4 Å². The number of aliphatic hydroxyl groups is 1. The number of carboxylic acids is 1. The molecule has 1 saturated heterocycles. The zero-order valence-corrected chi connectivity index (χ0v) is 18.3. The lowest BCUT2D eigenvalue weighted by molar-refractivity contribution is -0.384. The number of non-ortho nitro benzene ring substituents is 1. The maximum absolute atomic E-state index is 13.1. The molecule has 3 aromatic carbocycles. The van der Waals surface area contributed by atoms with Crippen LogP contribution in [0.1, 0.15) is 27.5 Å². The van der Waals surface area contributed by atoms with E-state index in [-0.39, 0.29) is 28.1 Å². The molecule has 0 radical (unpaired) electrons. The van der Waals surface area contributed by atoms with Crippen LogP contribution in [-0.2, 0) is 9.59 Å². The highest BCUT2D eigenvalue weighted by atomic mass is 35.5. The number of ketones is 1. The summed E-state index contributed by atoms with van der Waals surface area (Å²) in [5.41, 5.74) is -0.658. The molecule has 0 aromatic heterocycles. The number of aromatic hydroxyl groups is 1. The molecule has 35 heavy (non-hydrogen) atoms. The number of carbonyl (C=O) groups excluding carboxylic acids is 2. The number of nitro groups is 1. The standard InChI is InChI=1S/C24H15ClN2O8/c25-14-5-1-13(2-6-14)21(29)19-20(12-3-7-15(8-4-12)27(34)35)26(23(31)22(19)30)16-9-10-18(28)17(11-16)24(32)33/h1-11,20,28-29H,(H,32,33)/b21-19-. The van der Waals surface area contributed by atoms with E-state index >= 15 is 0 Å². The van der Waals surface area contributed by atoms with Crippen molar-refractivity contribution in [3.05, 3.63) is 104 Å². The number of hydrogen-bond donors (Lipinski definition) is 3. The third kappa shape index (κ3) is 4.18. The molecule has 176 valence electrons. The highest BCUT2D eigenvalue weighted by Crippen LogP contribution is 2.43. The van der Waals surface area contributed by atoms with E-state index in [0.29, 0.717) is 5.02 Å². The number of amides is 1. The summed E-state index contributed by atoms with van der Waals surface area (Å²) >= 11 is 5.90. The number of carboxylic acid groups (broad SMARTS) is 1. The lowest BCUT2D eigenvalue weighted by atomic mass is 9.95. The van der Waals surface area contributed by atoms with Crippen molar-refractivity contribution in [2.24, 2.45) is 0 Å². The summed E-state index contributed by atoms with van der Waals surface area (Å²) in [4.78, 5) is 49.2. The van der Waals surface area contributed by atoms with Gasteiger partial charge < -0.3 is 15.3 Å². The summed E-state index contributed by atoms with van der Waals surface area (Å²) in [5.74, 6) is -4.64. The molecule has 1 atom stereocenters. The summed E-state index contributed by atoms with van der Waals surface area (Å²) in [6.07, 6.45) is 0. The maximum Gasteiger partial charge on any atom is 0.339 e. The van der Waals surface area contributed by atoms with Gasteiger partial charge in [0.15, 0.2) is 0 Å². The second-order valence-corrected chi connectivity index (χ2v) is 7.97. The van der Waals surface area contributed by atoms with Crippen molar-refractivity contribution in [1.82, 2.24) is 0 Å². The Morgan fingerprint density at radius 1 is 0.971 bits per heavy atom. The Morgan fingerprint density at radius 3 is 2.17 bits per heavy atom. The Morgan fingerprint density at radius 2 is 1.60 bits per heavy atom. The average Bonchev–Trinajstić information content (AvgIpc) is 3.09. The van der Waals surface area contributed by atoms with Crippen LogP contribution in [0, 0.1) is 10.1 Å². The van der Waals surface area contributed by atoms with Gasteiger partial charge in [0.05, 0.1) is 16.5 Å². The molecule has 3 N–H and O–H groups in total.